The second-order valence-electron chi connectivity index (χ2n) is 4.36. The largest absolute Gasteiger partial charge is 0.321 e. The number of aromatic nitrogens is 1. The van der Waals surface area contributed by atoms with E-state index in [0.29, 0.717) is 17.4 Å². The molecule has 2 aromatic rings. The molecule has 5 nitrogen and oxygen atoms in total. The molecule has 1 heterocycles. The van der Waals surface area contributed by atoms with Gasteiger partial charge < -0.3 is 4.98 Å². The Morgan fingerprint density at radius 1 is 1.40 bits per heavy atom. The molecule has 1 aromatic carbocycles. The van der Waals surface area contributed by atoms with E-state index < -0.39 is 10.0 Å². The second kappa shape index (κ2) is 5.95. The number of aromatic amines is 1. The molecule has 0 aliphatic heterocycles. The first-order chi connectivity index (χ1) is 9.44. The lowest BCUT2D eigenvalue weighted by molar-refractivity contribution is 0.578. The first-order valence-corrected chi connectivity index (χ1v) is 8.04. The van der Waals surface area contributed by atoms with Crippen molar-refractivity contribution in [3.05, 3.63) is 39.6 Å². The van der Waals surface area contributed by atoms with Crippen LogP contribution in [0.1, 0.15) is 19.8 Å². The molecular formula is C13H14ClN2O3S. The molecule has 0 atom stereocenters. The maximum Gasteiger partial charge on any atom is 0.256 e. The van der Waals surface area contributed by atoms with Gasteiger partial charge >= 0.3 is 0 Å². The van der Waals surface area contributed by atoms with Crippen molar-refractivity contribution >= 4 is 32.5 Å². The van der Waals surface area contributed by atoms with Crippen LogP contribution in [0.4, 0.5) is 0 Å². The number of H-pyrrole nitrogens is 1. The first-order valence-electron chi connectivity index (χ1n) is 6.18. The molecule has 0 saturated heterocycles. The van der Waals surface area contributed by atoms with Gasteiger partial charge in [-0.25, -0.2) is 13.1 Å². The van der Waals surface area contributed by atoms with E-state index >= 15 is 0 Å². The minimum absolute atomic E-state index is 0.00298. The quantitative estimate of drug-likeness (QED) is 0.829. The number of halogens is 1. The van der Waals surface area contributed by atoms with Crippen molar-refractivity contribution in [3.8, 4) is 0 Å². The Balaban J connectivity index is 2.46. The van der Waals surface area contributed by atoms with Crippen LogP contribution in [0.25, 0.3) is 10.9 Å². The summed E-state index contributed by atoms with van der Waals surface area (Å²) in [6.45, 7) is 2.34. The fraction of sp³-hybridized carbons (Fsp3) is 0.308. The number of rotatable bonds is 5. The van der Waals surface area contributed by atoms with Crippen molar-refractivity contribution in [1.82, 2.24) is 9.71 Å². The topological polar surface area (TPSA) is 79.0 Å². The van der Waals surface area contributed by atoms with Crippen molar-refractivity contribution < 1.29 is 8.42 Å². The fourth-order valence-corrected chi connectivity index (χ4v) is 3.40. The van der Waals surface area contributed by atoms with Gasteiger partial charge in [0.05, 0.1) is 11.1 Å². The van der Waals surface area contributed by atoms with Crippen LogP contribution in [-0.2, 0) is 10.0 Å². The van der Waals surface area contributed by atoms with Crippen molar-refractivity contribution in [1.29, 1.82) is 0 Å². The van der Waals surface area contributed by atoms with Gasteiger partial charge in [0.25, 0.3) is 5.56 Å². The van der Waals surface area contributed by atoms with Gasteiger partial charge in [0, 0.05) is 17.4 Å². The van der Waals surface area contributed by atoms with E-state index in [1.807, 2.05) is 6.92 Å². The van der Waals surface area contributed by atoms with Crippen LogP contribution in [0.2, 0.25) is 5.02 Å². The Bertz CT molecular complexity index is 784. The van der Waals surface area contributed by atoms with Gasteiger partial charge in [0.1, 0.15) is 4.90 Å². The van der Waals surface area contributed by atoms with Crippen molar-refractivity contribution in [2.45, 2.75) is 24.7 Å². The lowest BCUT2D eigenvalue weighted by Crippen LogP contribution is -2.25. The highest BCUT2D eigenvalue weighted by molar-refractivity contribution is 7.89. The molecule has 0 saturated carbocycles. The van der Waals surface area contributed by atoms with Crippen molar-refractivity contribution in [2.24, 2.45) is 0 Å². The smallest absolute Gasteiger partial charge is 0.256 e. The average molecular weight is 314 g/mol. The molecular weight excluding hydrogens is 300 g/mol. The molecule has 0 bridgehead atoms. The summed E-state index contributed by atoms with van der Waals surface area (Å²) in [5.41, 5.74) is 0.0940. The lowest BCUT2D eigenvalue weighted by atomic mass is 10.2. The van der Waals surface area contributed by atoms with Gasteiger partial charge in [-0.05, 0) is 24.6 Å². The summed E-state index contributed by atoms with van der Waals surface area (Å²) >= 11 is 6.00. The van der Waals surface area contributed by atoms with E-state index in [9.17, 15) is 13.2 Å². The number of benzene rings is 1. The number of hydrogen-bond donors (Lipinski definition) is 2. The van der Waals surface area contributed by atoms with E-state index in [4.69, 9.17) is 11.6 Å². The molecule has 0 spiro atoms. The number of unbranched alkanes of at least 4 members (excludes halogenated alkanes) is 1. The van der Waals surface area contributed by atoms with Gasteiger partial charge in [-0.3, -0.25) is 4.79 Å². The number of fused-ring (bicyclic) bond motifs is 1. The third-order valence-electron chi connectivity index (χ3n) is 2.82. The summed E-state index contributed by atoms with van der Waals surface area (Å²) in [4.78, 5) is 13.7. The van der Waals surface area contributed by atoms with E-state index in [0.717, 1.165) is 12.8 Å². The van der Waals surface area contributed by atoms with Gasteiger partial charge in [-0.2, -0.15) is 0 Å². The standard InChI is InChI=1S/C13H14ClN2O3S/c1-2-3-6-15-20(18,19)12-7-9-4-5-13(17)16-11(9)8-10(12)14/h4,7-8,15H,2-3,6H2,1H3,(H,16,17). The minimum Gasteiger partial charge on any atom is -0.321 e. The summed E-state index contributed by atoms with van der Waals surface area (Å²) < 4.78 is 26.8. The molecule has 0 fully saturated rings. The predicted molar refractivity (Wildman–Crippen MR) is 78.5 cm³/mol. The van der Waals surface area contributed by atoms with Crippen LogP contribution in [0.3, 0.4) is 0 Å². The van der Waals surface area contributed by atoms with E-state index in [-0.39, 0.29) is 15.5 Å². The Morgan fingerprint density at radius 3 is 2.85 bits per heavy atom. The van der Waals surface area contributed by atoms with Crippen molar-refractivity contribution in [2.75, 3.05) is 6.54 Å². The summed E-state index contributed by atoms with van der Waals surface area (Å²) in [5, 5.41) is 0.633. The minimum atomic E-state index is -3.65. The molecule has 2 N–H and O–H groups in total. The Labute approximate surface area is 122 Å². The number of sulfonamides is 1. The normalized spacial score (nSPS) is 11.9. The van der Waals surface area contributed by atoms with Crippen LogP contribution in [0.5, 0.6) is 0 Å². The molecule has 1 aromatic heterocycles. The number of hydrogen-bond acceptors (Lipinski definition) is 3. The van der Waals surface area contributed by atoms with Crippen LogP contribution in [-0.4, -0.2) is 19.9 Å². The zero-order chi connectivity index (χ0) is 14.8. The molecule has 0 unspecified atom stereocenters. The summed E-state index contributed by atoms with van der Waals surface area (Å²) in [5.74, 6) is 0. The number of nitrogens with one attached hydrogen (secondary N) is 2. The third-order valence-corrected chi connectivity index (χ3v) is 4.75. The first kappa shape index (κ1) is 15.0. The van der Waals surface area contributed by atoms with Gasteiger partial charge in [0.15, 0.2) is 0 Å². The van der Waals surface area contributed by atoms with Crippen LogP contribution in [0.15, 0.2) is 27.9 Å². The molecule has 107 valence electrons. The molecule has 0 amide bonds. The molecule has 0 aliphatic carbocycles. The van der Waals surface area contributed by atoms with E-state index in [1.165, 1.54) is 18.2 Å². The molecule has 20 heavy (non-hydrogen) atoms. The third kappa shape index (κ3) is 3.20. The van der Waals surface area contributed by atoms with Crippen LogP contribution >= 0.6 is 11.6 Å². The monoisotopic (exact) mass is 313 g/mol. The van der Waals surface area contributed by atoms with E-state index in [2.05, 4.69) is 15.8 Å². The SMILES string of the molecule is CCCCNS(=O)(=O)c1cc2c[c]c(=O)[nH]c2cc1Cl. The molecule has 1 radical (unpaired) electrons. The Hall–Kier alpha value is -1.37. The van der Waals surface area contributed by atoms with Crippen LogP contribution < -0.4 is 10.3 Å². The number of pyridine rings is 1. The maximum absolute atomic E-state index is 12.2. The Kier molecular flexibility index (Phi) is 4.47. The van der Waals surface area contributed by atoms with Gasteiger partial charge in [0.2, 0.25) is 10.0 Å². The zero-order valence-corrected chi connectivity index (χ0v) is 12.4. The van der Waals surface area contributed by atoms with Crippen molar-refractivity contribution in [3.63, 3.8) is 0 Å². The van der Waals surface area contributed by atoms with Gasteiger partial charge in [-0.15, -0.1) is 0 Å². The fourth-order valence-electron chi connectivity index (χ4n) is 1.77. The maximum atomic E-state index is 12.2. The highest BCUT2D eigenvalue weighted by Gasteiger charge is 2.18. The zero-order valence-electron chi connectivity index (χ0n) is 10.9. The summed E-state index contributed by atoms with van der Waals surface area (Å²) in [7, 11) is -3.65. The van der Waals surface area contributed by atoms with E-state index in [1.54, 1.807) is 0 Å². The van der Waals surface area contributed by atoms with Gasteiger partial charge in [-0.1, -0.05) is 24.9 Å². The molecule has 2 rings (SSSR count). The molecule has 0 aliphatic rings. The molecule has 7 heteroatoms. The summed E-state index contributed by atoms with van der Waals surface area (Å²) in [6.07, 6.45) is 1.65. The summed E-state index contributed by atoms with van der Waals surface area (Å²) in [6, 6.07) is 6.76. The Morgan fingerprint density at radius 2 is 2.15 bits per heavy atom. The lowest BCUT2D eigenvalue weighted by Gasteiger charge is -2.09. The average Bonchev–Trinajstić information content (AvgIpc) is 2.37. The highest BCUT2D eigenvalue weighted by Crippen LogP contribution is 2.25. The van der Waals surface area contributed by atoms with Crippen LogP contribution in [0, 0.1) is 6.07 Å². The predicted octanol–water partition coefficient (Wildman–Crippen LogP) is 2.06. The highest BCUT2D eigenvalue weighted by atomic mass is 35.5. The second-order valence-corrected chi connectivity index (χ2v) is 6.51.